The fourth-order valence-corrected chi connectivity index (χ4v) is 19.7. The predicted octanol–water partition coefficient (Wildman–Crippen LogP) is 9.71. The second kappa shape index (κ2) is 8.61. The van der Waals surface area contributed by atoms with Crippen LogP contribution in [0.25, 0.3) is 0 Å². The van der Waals surface area contributed by atoms with Crippen LogP contribution in [0.5, 0.6) is 0 Å². The summed E-state index contributed by atoms with van der Waals surface area (Å²) in [6.45, 7) is 42.4. The van der Waals surface area contributed by atoms with Crippen LogP contribution in [-0.4, -0.2) is 27.8 Å². The van der Waals surface area contributed by atoms with Crippen molar-refractivity contribution in [3.63, 3.8) is 0 Å². The lowest BCUT2D eigenvalue weighted by molar-refractivity contribution is 0.0906. The molecule has 0 aliphatic carbocycles. The van der Waals surface area contributed by atoms with Crippen molar-refractivity contribution in [1.82, 2.24) is 0 Å². The quantitative estimate of drug-likeness (QED) is 0.381. The van der Waals surface area contributed by atoms with E-state index in [2.05, 4.69) is 125 Å². The smallest absolute Gasteiger partial charge is 0.203 e. The maximum absolute atomic E-state index is 7.21. The Kier molecular flexibility index (Phi) is 8.71. The lowest BCUT2D eigenvalue weighted by Crippen LogP contribution is -2.62. The molecule has 0 rings (SSSR count). The number of hydrogen-bond donors (Lipinski definition) is 0. The van der Waals surface area contributed by atoms with E-state index in [1.807, 2.05) is 0 Å². The first-order valence-corrected chi connectivity index (χ1v) is 16.3. The Balaban J connectivity index is 6.76. The van der Waals surface area contributed by atoms with Gasteiger partial charge in [-0.15, -0.1) is 0 Å². The Labute approximate surface area is 193 Å². The van der Waals surface area contributed by atoms with E-state index in [0.29, 0.717) is 0 Å². The predicted molar refractivity (Wildman–Crippen MR) is 142 cm³/mol. The molecule has 0 fully saturated rings. The molecule has 30 heavy (non-hydrogen) atoms. The van der Waals surface area contributed by atoms with Crippen LogP contribution in [0.4, 0.5) is 0 Å². The van der Waals surface area contributed by atoms with E-state index in [1.54, 1.807) is 0 Å². The molecule has 0 aromatic rings. The molecule has 0 aliphatic rings. The topological polar surface area (TPSA) is 18.5 Å². The molecule has 0 N–H and O–H groups in total. The summed E-state index contributed by atoms with van der Waals surface area (Å²) in [7, 11) is -4.44. The van der Waals surface area contributed by atoms with Crippen LogP contribution < -0.4 is 0 Å². The van der Waals surface area contributed by atoms with Crippen molar-refractivity contribution >= 4 is 16.6 Å². The normalized spacial score (nSPS) is 16.2. The molecule has 0 aromatic carbocycles. The minimum absolute atomic E-state index is 0.135. The Hall–Kier alpha value is 0.354. The van der Waals surface area contributed by atoms with Crippen molar-refractivity contribution in [2.45, 2.75) is 168 Å². The molecule has 2 nitrogen and oxygen atoms in total. The second-order valence-corrected chi connectivity index (χ2v) is 26.3. The first kappa shape index (κ1) is 30.4. The molecule has 0 atom stereocenters. The van der Waals surface area contributed by atoms with Crippen LogP contribution >= 0.6 is 0 Å². The minimum atomic E-state index is -2.22. The van der Waals surface area contributed by atoms with Crippen LogP contribution in [0.3, 0.4) is 0 Å². The third-order valence-electron chi connectivity index (χ3n) is 6.64. The third kappa shape index (κ3) is 6.92. The van der Waals surface area contributed by atoms with Gasteiger partial charge in [-0.25, -0.2) is 0 Å². The molecule has 0 heterocycles. The van der Waals surface area contributed by atoms with Crippen molar-refractivity contribution in [3.8, 4) is 0 Å². The van der Waals surface area contributed by atoms with Gasteiger partial charge in [-0.1, -0.05) is 83.1 Å². The molecule has 0 saturated carbocycles. The molecule has 0 saturated heterocycles. The summed E-state index contributed by atoms with van der Waals surface area (Å²) in [5.74, 6) is 0. The summed E-state index contributed by atoms with van der Waals surface area (Å²) >= 11 is 0. The van der Waals surface area contributed by atoms with E-state index >= 15 is 0 Å². The number of hydrogen-bond acceptors (Lipinski definition) is 2. The van der Waals surface area contributed by atoms with E-state index in [1.165, 1.54) is 0 Å². The minimum Gasteiger partial charge on any atom is -0.411 e. The highest BCUT2D eigenvalue weighted by Crippen LogP contribution is 2.61. The summed E-state index contributed by atoms with van der Waals surface area (Å²) < 4.78 is 14.4. The van der Waals surface area contributed by atoms with Gasteiger partial charge < -0.3 is 8.85 Å². The van der Waals surface area contributed by atoms with Crippen molar-refractivity contribution in [3.05, 3.63) is 0 Å². The molecule has 0 bridgehead atoms. The first-order valence-electron chi connectivity index (χ1n) is 12.0. The molecule has 0 aliphatic heterocycles. The van der Waals surface area contributed by atoms with Crippen LogP contribution in [-0.2, 0) is 8.85 Å². The summed E-state index contributed by atoms with van der Waals surface area (Å²) in [5.41, 5.74) is -0.295. The van der Waals surface area contributed by atoms with Crippen molar-refractivity contribution in [2.24, 2.45) is 0 Å². The maximum atomic E-state index is 7.21. The monoisotopic (exact) mass is 458 g/mol. The summed E-state index contributed by atoms with van der Waals surface area (Å²) in [6.07, 6.45) is 0. The summed E-state index contributed by atoms with van der Waals surface area (Å²) in [5, 5.41) is 0.540. The zero-order chi connectivity index (χ0) is 24.8. The van der Waals surface area contributed by atoms with Gasteiger partial charge >= 0.3 is 0 Å². The van der Waals surface area contributed by atoms with E-state index in [0.717, 1.165) is 12.1 Å². The van der Waals surface area contributed by atoms with Crippen LogP contribution in [0.15, 0.2) is 0 Å². The Bertz CT molecular complexity index is 473. The van der Waals surface area contributed by atoms with Gasteiger partial charge in [0, 0.05) is 11.2 Å². The average Bonchev–Trinajstić information content (AvgIpc) is 2.33. The zero-order valence-corrected chi connectivity index (χ0v) is 26.2. The second-order valence-electron chi connectivity index (χ2n) is 15.6. The molecule has 0 radical (unpaired) electrons. The molecule has 4 heteroatoms. The van der Waals surface area contributed by atoms with Crippen LogP contribution in [0.2, 0.25) is 32.2 Å². The van der Waals surface area contributed by atoms with E-state index in [4.69, 9.17) is 8.85 Å². The lowest BCUT2D eigenvalue weighted by atomic mass is 10.2. The molecular formula is C26H58O2Si2. The first-order chi connectivity index (χ1) is 12.6. The highest BCUT2D eigenvalue weighted by Gasteiger charge is 2.61. The molecule has 0 unspecified atom stereocenters. The standard InChI is InChI=1S/C26H58O2Si2/c1-21(2,3)27-29(23(7,8)9,24(10,11)12)19-20-30(25(13,14)15,26(16,17)18)28-22(4,5)6/h19-20H2,1-18H3. The molecule has 0 amide bonds. The molecule has 0 aromatic heterocycles. The largest absolute Gasteiger partial charge is 0.411 e. The van der Waals surface area contributed by atoms with Crippen molar-refractivity contribution in [2.75, 3.05) is 0 Å². The van der Waals surface area contributed by atoms with E-state index in [9.17, 15) is 0 Å². The number of rotatable bonds is 5. The van der Waals surface area contributed by atoms with Crippen molar-refractivity contribution in [1.29, 1.82) is 0 Å². The van der Waals surface area contributed by atoms with Gasteiger partial charge in [0.2, 0.25) is 16.6 Å². The van der Waals surface area contributed by atoms with Gasteiger partial charge in [-0.3, -0.25) is 0 Å². The third-order valence-corrected chi connectivity index (χ3v) is 20.7. The zero-order valence-electron chi connectivity index (χ0n) is 24.2. The highest BCUT2D eigenvalue weighted by molar-refractivity contribution is 6.84. The van der Waals surface area contributed by atoms with Crippen LogP contribution in [0, 0.1) is 0 Å². The van der Waals surface area contributed by atoms with Gasteiger partial charge in [-0.2, -0.15) is 0 Å². The Morgan fingerprint density at radius 3 is 0.633 bits per heavy atom. The highest BCUT2D eigenvalue weighted by atomic mass is 28.4. The van der Waals surface area contributed by atoms with E-state index < -0.39 is 16.6 Å². The van der Waals surface area contributed by atoms with Crippen molar-refractivity contribution < 1.29 is 8.85 Å². The Morgan fingerprint density at radius 2 is 0.533 bits per heavy atom. The summed E-state index contributed by atoms with van der Waals surface area (Å²) in [6, 6.07) is 2.29. The van der Waals surface area contributed by atoms with Gasteiger partial charge in [0.05, 0.1) is 0 Å². The lowest BCUT2D eigenvalue weighted by Gasteiger charge is -2.58. The maximum Gasteiger partial charge on any atom is 0.203 e. The molecular weight excluding hydrogens is 400 g/mol. The molecule has 182 valence electrons. The van der Waals surface area contributed by atoms with Gasteiger partial charge in [0.25, 0.3) is 0 Å². The average molecular weight is 459 g/mol. The molecule has 0 spiro atoms. The van der Waals surface area contributed by atoms with E-state index in [-0.39, 0.29) is 31.4 Å². The van der Waals surface area contributed by atoms with Crippen LogP contribution in [0.1, 0.15) is 125 Å². The summed E-state index contributed by atoms with van der Waals surface area (Å²) in [4.78, 5) is 0. The fourth-order valence-electron chi connectivity index (χ4n) is 5.86. The fraction of sp³-hybridized carbons (Fsp3) is 1.00. The van der Waals surface area contributed by atoms with Gasteiger partial charge in [0.1, 0.15) is 0 Å². The van der Waals surface area contributed by atoms with Gasteiger partial charge in [0.15, 0.2) is 0 Å². The SMILES string of the molecule is CC(C)(C)O[Si](CC[Si](OC(C)(C)C)(C(C)(C)C)C(C)(C)C)(C(C)(C)C)C(C)(C)C. The Morgan fingerprint density at radius 1 is 0.367 bits per heavy atom. The van der Waals surface area contributed by atoms with Gasteiger partial charge in [-0.05, 0) is 73.8 Å².